The molecule has 1 N–H and O–H groups in total. The standard InChI is InChI=1S/C15H14FN3S/c1-3-9-8-11-13(17-2)18-14(19-15(11)20-9)10-6-4-5-7-12(10)16/h4-8H,3H2,1-2H3,(H,17,18,19). The Morgan fingerprint density at radius 3 is 2.75 bits per heavy atom. The molecule has 2 aromatic heterocycles. The van der Waals surface area contributed by atoms with E-state index in [4.69, 9.17) is 0 Å². The van der Waals surface area contributed by atoms with Gasteiger partial charge >= 0.3 is 0 Å². The van der Waals surface area contributed by atoms with Gasteiger partial charge in [-0.3, -0.25) is 0 Å². The summed E-state index contributed by atoms with van der Waals surface area (Å²) in [5, 5.41) is 4.06. The van der Waals surface area contributed by atoms with Crippen molar-refractivity contribution in [2.45, 2.75) is 13.3 Å². The number of hydrogen-bond acceptors (Lipinski definition) is 4. The molecule has 5 heteroatoms. The molecule has 0 saturated carbocycles. The molecule has 102 valence electrons. The number of rotatable bonds is 3. The predicted molar refractivity (Wildman–Crippen MR) is 81.7 cm³/mol. The zero-order valence-corrected chi connectivity index (χ0v) is 12.1. The van der Waals surface area contributed by atoms with E-state index in [0.717, 1.165) is 22.5 Å². The summed E-state index contributed by atoms with van der Waals surface area (Å²) in [6, 6.07) is 8.67. The fourth-order valence-corrected chi connectivity index (χ4v) is 3.07. The third-order valence-corrected chi connectivity index (χ3v) is 4.32. The highest BCUT2D eigenvalue weighted by Crippen LogP contribution is 2.31. The van der Waals surface area contributed by atoms with Gasteiger partial charge in [-0.05, 0) is 24.6 Å². The summed E-state index contributed by atoms with van der Waals surface area (Å²) in [6.07, 6.45) is 0.958. The van der Waals surface area contributed by atoms with Gasteiger partial charge in [-0.15, -0.1) is 11.3 Å². The average molecular weight is 287 g/mol. The SMILES string of the molecule is CCc1cc2c(NC)nc(-c3ccccc3F)nc2s1. The van der Waals surface area contributed by atoms with E-state index in [9.17, 15) is 4.39 Å². The van der Waals surface area contributed by atoms with Crippen molar-refractivity contribution in [1.29, 1.82) is 0 Å². The molecule has 0 aliphatic rings. The van der Waals surface area contributed by atoms with Crippen LogP contribution in [0, 0.1) is 5.82 Å². The molecule has 0 radical (unpaired) electrons. The van der Waals surface area contributed by atoms with Crippen LogP contribution in [0.25, 0.3) is 21.6 Å². The summed E-state index contributed by atoms with van der Waals surface area (Å²) >= 11 is 1.63. The number of aromatic nitrogens is 2. The van der Waals surface area contributed by atoms with Crippen LogP contribution in [0.1, 0.15) is 11.8 Å². The van der Waals surface area contributed by atoms with Crippen LogP contribution in [-0.4, -0.2) is 17.0 Å². The van der Waals surface area contributed by atoms with Crippen LogP contribution in [0.15, 0.2) is 30.3 Å². The van der Waals surface area contributed by atoms with Gasteiger partial charge in [-0.25, -0.2) is 14.4 Å². The lowest BCUT2D eigenvalue weighted by Gasteiger charge is -2.06. The Balaban J connectivity index is 2.25. The third-order valence-electron chi connectivity index (χ3n) is 3.14. The van der Waals surface area contributed by atoms with E-state index in [1.807, 2.05) is 7.05 Å². The number of hydrogen-bond donors (Lipinski definition) is 1. The molecule has 0 atom stereocenters. The maximum atomic E-state index is 13.9. The van der Waals surface area contributed by atoms with Crippen molar-refractivity contribution < 1.29 is 4.39 Å². The van der Waals surface area contributed by atoms with Crippen molar-refractivity contribution in [1.82, 2.24) is 9.97 Å². The fraction of sp³-hybridized carbons (Fsp3) is 0.200. The van der Waals surface area contributed by atoms with Crippen molar-refractivity contribution in [3.05, 3.63) is 41.0 Å². The van der Waals surface area contributed by atoms with Crippen molar-refractivity contribution in [3.8, 4) is 11.4 Å². The van der Waals surface area contributed by atoms with Crippen LogP contribution in [0.4, 0.5) is 10.2 Å². The molecule has 3 rings (SSSR count). The minimum atomic E-state index is -0.304. The molecule has 0 bridgehead atoms. The molecule has 0 unspecified atom stereocenters. The highest BCUT2D eigenvalue weighted by atomic mass is 32.1. The lowest BCUT2D eigenvalue weighted by molar-refractivity contribution is 0.630. The maximum Gasteiger partial charge on any atom is 0.166 e. The fourth-order valence-electron chi connectivity index (χ4n) is 2.10. The Hall–Kier alpha value is -2.01. The van der Waals surface area contributed by atoms with Crippen LogP contribution in [0.2, 0.25) is 0 Å². The first-order valence-corrected chi connectivity index (χ1v) is 7.27. The maximum absolute atomic E-state index is 13.9. The molecule has 0 aliphatic heterocycles. The van der Waals surface area contributed by atoms with Gasteiger partial charge in [-0.1, -0.05) is 19.1 Å². The minimum absolute atomic E-state index is 0.304. The average Bonchev–Trinajstić information content (AvgIpc) is 2.89. The van der Waals surface area contributed by atoms with E-state index in [2.05, 4.69) is 28.3 Å². The van der Waals surface area contributed by atoms with Crippen LogP contribution in [0.3, 0.4) is 0 Å². The van der Waals surface area contributed by atoms with Gasteiger partial charge in [0, 0.05) is 11.9 Å². The van der Waals surface area contributed by atoms with Crippen LogP contribution in [-0.2, 0) is 6.42 Å². The highest BCUT2D eigenvalue weighted by molar-refractivity contribution is 7.18. The number of halogens is 1. The Bertz CT molecular complexity index is 767. The molecular weight excluding hydrogens is 273 g/mol. The summed E-state index contributed by atoms with van der Waals surface area (Å²) in [4.78, 5) is 11.1. The second kappa shape index (κ2) is 5.17. The van der Waals surface area contributed by atoms with E-state index < -0.39 is 0 Å². The Morgan fingerprint density at radius 2 is 2.05 bits per heavy atom. The second-order valence-corrected chi connectivity index (χ2v) is 5.53. The van der Waals surface area contributed by atoms with Crippen molar-refractivity contribution in [2.24, 2.45) is 0 Å². The zero-order valence-electron chi connectivity index (χ0n) is 11.3. The van der Waals surface area contributed by atoms with Crippen LogP contribution < -0.4 is 5.32 Å². The zero-order chi connectivity index (χ0) is 14.1. The Kier molecular flexibility index (Phi) is 3.36. The number of aryl methyl sites for hydroxylation is 1. The molecular formula is C15H14FN3S. The largest absolute Gasteiger partial charge is 0.372 e. The minimum Gasteiger partial charge on any atom is -0.372 e. The number of anilines is 1. The van der Waals surface area contributed by atoms with Gasteiger partial charge in [0.1, 0.15) is 16.5 Å². The number of nitrogens with one attached hydrogen (secondary N) is 1. The topological polar surface area (TPSA) is 37.8 Å². The molecule has 0 fully saturated rings. The van der Waals surface area contributed by atoms with Crippen LogP contribution >= 0.6 is 11.3 Å². The van der Waals surface area contributed by atoms with Crippen molar-refractivity contribution >= 4 is 27.4 Å². The molecule has 0 aliphatic carbocycles. The smallest absolute Gasteiger partial charge is 0.166 e. The van der Waals surface area contributed by atoms with Gasteiger partial charge in [0.05, 0.1) is 10.9 Å². The Labute approximate surface area is 120 Å². The third kappa shape index (κ3) is 2.14. The van der Waals surface area contributed by atoms with Crippen molar-refractivity contribution in [3.63, 3.8) is 0 Å². The van der Waals surface area contributed by atoms with Crippen molar-refractivity contribution in [2.75, 3.05) is 12.4 Å². The number of benzene rings is 1. The van der Waals surface area contributed by atoms with Gasteiger partial charge in [0.25, 0.3) is 0 Å². The first kappa shape index (κ1) is 13.0. The second-order valence-electron chi connectivity index (χ2n) is 4.41. The molecule has 20 heavy (non-hydrogen) atoms. The Morgan fingerprint density at radius 1 is 1.25 bits per heavy atom. The summed E-state index contributed by atoms with van der Waals surface area (Å²) < 4.78 is 13.9. The van der Waals surface area contributed by atoms with Gasteiger partial charge in [0.15, 0.2) is 5.82 Å². The van der Waals surface area contributed by atoms with Crippen LogP contribution in [0.5, 0.6) is 0 Å². The summed E-state index contributed by atoms with van der Waals surface area (Å²) in [5.74, 6) is 0.856. The van der Waals surface area contributed by atoms with E-state index in [1.165, 1.54) is 10.9 Å². The van der Waals surface area contributed by atoms with E-state index in [0.29, 0.717) is 11.4 Å². The molecule has 1 aromatic carbocycles. The highest BCUT2D eigenvalue weighted by Gasteiger charge is 2.13. The van der Waals surface area contributed by atoms with Gasteiger partial charge in [0.2, 0.25) is 0 Å². The van der Waals surface area contributed by atoms with Gasteiger partial charge < -0.3 is 5.32 Å². The quantitative estimate of drug-likeness (QED) is 0.788. The monoisotopic (exact) mass is 287 g/mol. The summed E-state index contributed by atoms with van der Waals surface area (Å²) in [5.41, 5.74) is 0.428. The molecule has 0 saturated heterocycles. The number of fused-ring (bicyclic) bond motifs is 1. The summed E-state index contributed by atoms with van der Waals surface area (Å²) in [6.45, 7) is 2.11. The summed E-state index contributed by atoms with van der Waals surface area (Å²) in [7, 11) is 1.82. The molecule has 0 spiro atoms. The lowest BCUT2D eigenvalue weighted by atomic mass is 10.2. The number of nitrogens with zero attached hydrogens (tertiary/aromatic N) is 2. The van der Waals surface area contributed by atoms with E-state index in [1.54, 1.807) is 29.5 Å². The van der Waals surface area contributed by atoms with Gasteiger partial charge in [-0.2, -0.15) is 0 Å². The molecule has 3 nitrogen and oxygen atoms in total. The van der Waals surface area contributed by atoms with E-state index in [-0.39, 0.29) is 5.82 Å². The molecule has 2 heterocycles. The molecule has 0 amide bonds. The van der Waals surface area contributed by atoms with E-state index >= 15 is 0 Å². The first-order valence-electron chi connectivity index (χ1n) is 6.46. The predicted octanol–water partition coefficient (Wildman–Crippen LogP) is 4.10. The number of thiophene rings is 1. The lowest BCUT2D eigenvalue weighted by Crippen LogP contribution is -1.98. The normalized spacial score (nSPS) is 10.9. The molecule has 3 aromatic rings. The first-order chi connectivity index (χ1) is 9.72.